The van der Waals surface area contributed by atoms with Crippen LogP contribution in [0.2, 0.25) is 0 Å². The maximum Gasteiger partial charge on any atom is 0.254 e. The van der Waals surface area contributed by atoms with E-state index in [0.29, 0.717) is 37.3 Å². The van der Waals surface area contributed by atoms with Crippen LogP contribution >= 0.6 is 0 Å². The number of aromatic nitrogens is 2. The van der Waals surface area contributed by atoms with Crippen molar-refractivity contribution in [3.63, 3.8) is 0 Å². The monoisotopic (exact) mass is 452 g/mol. The van der Waals surface area contributed by atoms with Gasteiger partial charge in [-0.1, -0.05) is 19.9 Å². The largest absolute Gasteiger partial charge is 0.339 e. The first kappa shape index (κ1) is 24.4. The van der Waals surface area contributed by atoms with Gasteiger partial charge in [-0.15, -0.1) is 0 Å². The van der Waals surface area contributed by atoms with E-state index in [-0.39, 0.29) is 11.8 Å². The lowest BCUT2D eigenvalue weighted by molar-refractivity contribution is 0.0735. The Bertz CT molecular complexity index is 1120. The van der Waals surface area contributed by atoms with Crippen LogP contribution in [0.1, 0.15) is 67.1 Å². The molecule has 3 rings (SSSR count). The molecule has 0 spiro atoms. The number of benzene rings is 2. The number of hydrogen-bond acceptors (Lipinski definition) is 3. The molecular weight excluding hydrogens is 419 g/mol. The van der Waals surface area contributed by atoms with Crippen LogP contribution in [0.5, 0.6) is 0 Å². The first-order chi connectivity index (χ1) is 15.9. The van der Waals surface area contributed by atoms with Crippen LogP contribution in [0.4, 0.5) is 4.39 Å². The van der Waals surface area contributed by atoms with E-state index in [0.717, 1.165) is 36.2 Å². The molecule has 7 heteroatoms. The van der Waals surface area contributed by atoms with Crippen LogP contribution in [-0.4, -0.2) is 50.8 Å². The highest BCUT2D eigenvalue weighted by Crippen LogP contribution is 2.22. The normalized spacial score (nSPS) is 11.1. The topological polar surface area (TPSA) is 58.4 Å². The van der Waals surface area contributed by atoms with E-state index in [9.17, 15) is 14.0 Å². The highest BCUT2D eigenvalue weighted by molar-refractivity contribution is 5.97. The molecule has 0 aliphatic rings. The van der Waals surface area contributed by atoms with Crippen LogP contribution in [0.3, 0.4) is 0 Å². The molecule has 3 aromatic rings. The van der Waals surface area contributed by atoms with Crippen LogP contribution in [0.15, 0.2) is 42.5 Å². The second-order valence-electron chi connectivity index (χ2n) is 8.10. The van der Waals surface area contributed by atoms with E-state index in [1.54, 1.807) is 21.9 Å². The van der Waals surface area contributed by atoms with Gasteiger partial charge in [0.05, 0.1) is 17.6 Å². The number of halogens is 1. The first-order valence-electron chi connectivity index (χ1n) is 11.8. The zero-order valence-corrected chi connectivity index (χ0v) is 20.0. The number of hydrogen-bond donors (Lipinski definition) is 0. The standard InChI is InChI=1S/C26H33FN4O2/c1-5-14-30(26(33)19-10-9-11-21(27)16-19)18-24-28-22-17-20(25(32)29(7-3)8-4)12-13-23(22)31(24)15-6-2/h9-13,16-17H,5-8,14-15,18H2,1-4H3. The van der Waals surface area contributed by atoms with E-state index in [4.69, 9.17) is 4.98 Å². The first-order valence-corrected chi connectivity index (χ1v) is 11.8. The fourth-order valence-electron chi connectivity index (χ4n) is 4.10. The molecule has 2 aromatic carbocycles. The minimum Gasteiger partial charge on any atom is -0.339 e. The predicted molar refractivity (Wildman–Crippen MR) is 129 cm³/mol. The van der Waals surface area contributed by atoms with Gasteiger partial charge < -0.3 is 14.4 Å². The van der Waals surface area contributed by atoms with Gasteiger partial charge in [0.15, 0.2) is 0 Å². The van der Waals surface area contributed by atoms with Crippen molar-refractivity contribution in [1.29, 1.82) is 0 Å². The van der Waals surface area contributed by atoms with E-state index in [1.165, 1.54) is 12.1 Å². The zero-order valence-electron chi connectivity index (χ0n) is 20.0. The molecule has 0 aliphatic heterocycles. The minimum absolute atomic E-state index is 0.0117. The second-order valence-corrected chi connectivity index (χ2v) is 8.10. The molecule has 0 radical (unpaired) electrons. The molecule has 0 saturated heterocycles. The lowest BCUT2D eigenvalue weighted by Crippen LogP contribution is -2.32. The summed E-state index contributed by atoms with van der Waals surface area (Å²) in [6.45, 7) is 10.9. The van der Waals surface area contributed by atoms with Crippen LogP contribution in [0.25, 0.3) is 11.0 Å². The van der Waals surface area contributed by atoms with Gasteiger partial charge in [-0.25, -0.2) is 9.37 Å². The summed E-state index contributed by atoms with van der Waals surface area (Å²) in [5.41, 5.74) is 2.62. The van der Waals surface area contributed by atoms with Gasteiger partial charge in [-0.05, 0) is 63.1 Å². The number of rotatable bonds is 10. The molecule has 0 fully saturated rings. The summed E-state index contributed by atoms with van der Waals surface area (Å²) >= 11 is 0. The number of carbonyl (C=O) groups excluding carboxylic acids is 2. The van der Waals surface area contributed by atoms with Crippen molar-refractivity contribution in [1.82, 2.24) is 19.4 Å². The molecule has 0 atom stereocenters. The Morgan fingerprint density at radius 1 is 0.909 bits per heavy atom. The molecule has 0 aliphatic carbocycles. The van der Waals surface area contributed by atoms with Crippen molar-refractivity contribution in [3.05, 3.63) is 65.2 Å². The Morgan fingerprint density at radius 3 is 2.24 bits per heavy atom. The Balaban J connectivity index is 1.98. The summed E-state index contributed by atoms with van der Waals surface area (Å²) < 4.78 is 15.8. The van der Waals surface area contributed by atoms with Gasteiger partial charge in [0.2, 0.25) is 0 Å². The van der Waals surface area contributed by atoms with E-state index in [2.05, 4.69) is 11.5 Å². The van der Waals surface area contributed by atoms with Crippen LogP contribution in [-0.2, 0) is 13.1 Å². The van der Waals surface area contributed by atoms with E-state index >= 15 is 0 Å². The molecule has 176 valence electrons. The molecule has 6 nitrogen and oxygen atoms in total. The lowest BCUT2D eigenvalue weighted by Gasteiger charge is -2.22. The summed E-state index contributed by atoms with van der Waals surface area (Å²) in [5.74, 6) is 0.102. The fraction of sp³-hybridized carbons (Fsp3) is 0.423. The molecular formula is C26H33FN4O2. The van der Waals surface area contributed by atoms with Crippen molar-refractivity contribution in [2.45, 2.75) is 53.6 Å². The molecule has 1 heterocycles. The molecule has 0 unspecified atom stereocenters. The summed E-state index contributed by atoms with van der Waals surface area (Å²) in [7, 11) is 0. The highest BCUT2D eigenvalue weighted by atomic mass is 19.1. The Kier molecular flexibility index (Phi) is 8.20. The number of nitrogens with zero attached hydrogens (tertiary/aromatic N) is 4. The fourth-order valence-corrected chi connectivity index (χ4v) is 4.10. The molecule has 2 amide bonds. The van der Waals surface area contributed by atoms with Crippen molar-refractivity contribution < 1.29 is 14.0 Å². The van der Waals surface area contributed by atoms with Gasteiger partial charge >= 0.3 is 0 Å². The Labute approximate surface area is 195 Å². The molecule has 0 bridgehead atoms. The summed E-state index contributed by atoms with van der Waals surface area (Å²) in [5, 5.41) is 0. The van der Waals surface area contributed by atoms with Crippen molar-refractivity contribution in [2.24, 2.45) is 0 Å². The Hall–Kier alpha value is -3.22. The number of carbonyl (C=O) groups is 2. The lowest BCUT2D eigenvalue weighted by atomic mass is 10.1. The third-order valence-electron chi connectivity index (χ3n) is 5.76. The number of amides is 2. The number of imidazole rings is 1. The molecule has 0 N–H and O–H groups in total. The van der Waals surface area contributed by atoms with Crippen molar-refractivity contribution in [3.8, 4) is 0 Å². The number of fused-ring (bicyclic) bond motifs is 1. The van der Waals surface area contributed by atoms with E-state index in [1.807, 2.05) is 39.0 Å². The smallest absolute Gasteiger partial charge is 0.254 e. The van der Waals surface area contributed by atoms with Crippen LogP contribution < -0.4 is 0 Å². The maximum atomic E-state index is 13.7. The average molecular weight is 453 g/mol. The van der Waals surface area contributed by atoms with Gasteiger partial charge in [0.1, 0.15) is 11.6 Å². The van der Waals surface area contributed by atoms with Crippen molar-refractivity contribution in [2.75, 3.05) is 19.6 Å². The summed E-state index contributed by atoms with van der Waals surface area (Å²) in [6, 6.07) is 11.4. The molecule has 33 heavy (non-hydrogen) atoms. The second kappa shape index (κ2) is 11.1. The number of aryl methyl sites for hydroxylation is 1. The summed E-state index contributed by atoms with van der Waals surface area (Å²) in [4.78, 5) is 34.3. The van der Waals surface area contributed by atoms with E-state index < -0.39 is 5.82 Å². The maximum absolute atomic E-state index is 13.7. The van der Waals surface area contributed by atoms with Crippen molar-refractivity contribution >= 4 is 22.8 Å². The predicted octanol–water partition coefficient (Wildman–Crippen LogP) is 5.12. The van der Waals surface area contributed by atoms with Gasteiger partial charge in [0.25, 0.3) is 11.8 Å². The third-order valence-corrected chi connectivity index (χ3v) is 5.76. The highest BCUT2D eigenvalue weighted by Gasteiger charge is 2.21. The molecule has 0 saturated carbocycles. The quantitative estimate of drug-likeness (QED) is 0.429. The van der Waals surface area contributed by atoms with Gasteiger partial charge in [-0.2, -0.15) is 0 Å². The average Bonchev–Trinajstić information content (AvgIpc) is 3.15. The van der Waals surface area contributed by atoms with Gasteiger partial charge in [-0.3, -0.25) is 9.59 Å². The SMILES string of the molecule is CCCN(Cc1nc2cc(C(=O)N(CC)CC)ccc2n1CCC)C(=O)c1cccc(F)c1. The zero-order chi connectivity index (χ0) is 24.0. The van der Waals surface area contributed by atoms with Crippen LogP contribution in [0, 0.1) is 5.82 Å². The minimum atomic E-state index is -0.430. The molecule has 1 aromatic heterocycles. The Morgan fingerprint density at radius 2 is 1.61 bits per heavy atom. The third kappa shape index (κ3) is 5.41. The van der Waals surface area contributed by atoms with Gasteiger partial charge in [0, 0.05) is 37.3 Å². The summed E-state index contributed by atoms with van der Waals surface area (Å²) in [6.07, 6.45) is 1.68.